The van der Waals surface area contributed by atoms with Gasteiger partial charge in [-0.3, -0.25) is 14.7 Å². The number of rotatable bonds is 3. The number of nitrogens with one attached hydrogen (secondary N) is 1. The molecule has 30 heavy (non-hydrogen) atoms. The van der Waals surface area contributed by atoms with Gasteiger partial charge in [0.05, 0.1) is 32.5 Å². The number of hydrogen-bond acceptors (Lipinski definition) is 3. The van der Waals surface area contributed by atoms with E-state index in [0.717, 1.165) is 22.2 Å². The summed E-state index contributed by atoms with van der Waals surface area (Å²) in [5.41, 5.74) is 4.11. The molecule has 0 saturated carbocycles. The van der Waals surface area contributed by atoms with E-state index in [2.05, 4.69) is 10.3 Å². The van der Waals surface area contributed by atoms with Crippen molar-refractivity contribution in [1.82, 2.24) is 9.88 Å². The molecule has 1 aromatic heterocycles. The molecule has 3 aromatic rings. The van der Waals surface area contributed by atoms with Crippen molar-refractivity contribution < 1.29 is 9.59 Å². The molecule has 0 unspecified atom stereocenters. The summed E-state index contributed by atoms with van der Waals surface area (Å²) in [6, 6.07) is 8.57. The first kappa shape index (κ1) is 20.4. The molecule has 1 N–H and O–H groups in total. The first-order chi connectivity index (χ1) is 14.3. The number of aryl methyl sites for hydroxylation is 2. The zero-order valence-corrected chi connectivity index (χ0v) is 18.3. The standard InChI is InChI=1S/C22H20Cl2N4O2/c1-12-11-16(26-21(29)19-14(23)5-4-6-15(19)24)20-18(13(12)2)17(7-8-25-20)28-10-9-27(3)22(28)30/h4-8,11H,9-10H2,1-3H3,(H,26,29). The number of aromatic nitrogens is 1. The molecule has 1 fully saturated rings. The highest BCUT2D eigenvalue weighted by Gasteiger charge is 2.29. The summed E-state index contributed by atoms with van der Waals surface area (Å²) in [6.07, 6.45) is 1.65. The number of amides is 3. The fraction of sp³-hybridized carbons (Fsp3) is 0.227. The van der Waals surface area contributed by atoms with Gasteiger partial charge in [0.15, 0.2) is 0 Å². The number of anilines is 2. The van der Waals surface area contributed by atoms with Gasteiger partial charge in [0.25, 0.3) is 5.91 Å². The summed E-state index contributed by atoms with van der Waals surface area (Å²) in [5.74, 6) is -0.417. The summed E-state index contributed by atoms with van der Waals surface area (Å²) in [7, 11) is 1.78. The van der Waals surface area contributed by atoms with Gasteiger partial charge < -0.3 is 10.2 Å². The van der Waals surface area contributed by atoms with Crippen LogP contribution in [0.4, 0.5) is 16.2 Å². The number of nitrogens with zero attached hydrogens (tertiary/aromatic N) is 3. The lowest BCUT2D eigenvalue weighted by atomic mass is 10.0. The predicted molar refractivity (Wildman–Crippen MR) is 121 cm³/mol. The number of hydrogen-bond donors (Lipinski definition) is 1. The molecule has 1 aliphatic heterocycles. The van der Waals surface area contributed by atoms with Crippen molar-refractivity contribution in [2.75, 3.05) is 30.4 Å². The lowest BCUT2D eigenvalue weighted by molar-refractivity contribution is 0.102. The Morgan fingerprint density at radius 3 is 2.47 bits per heavy atom. The first-order valence-corrected chi connectivity index (χ1v) is 10.2. The normalized spacial score (nSPS) is 14.0. The summed E-state index contributed by atoms with van der Waals surface area (Å²) < 4.78 is 0. The van der Waals surface area contributed by atoms with E-state index < -0.39 is 5.91 Å². The third-order valence-corrected chi connectivity index (χ3v) is 6.09. The smallest absolute Gasteiger partial charge is 0.324 e. The highest BCUT2D eigenvalue weighted by atomic mass is 35.5. The van der Waals surface area contributed by atoms with Crippen molar-refractivity contribution in [2.45, 2.75) is 13.8 Å². The Balaban J connectivity index is 1.84. The van der Waals surface area contributed by atoms with Crippen LogP contribution in [0.1, 0.15) is 21.5 Å². The van der Waals surface area contributed by atoms with Crippen LogP contribution in [0.15, 0.2) is 36.5 Å². The number of benzene rings is 2. The van der Waals surface area contributed by atoms with Crippen molar-refractivity contribution in [3.63, 3.8) is 0 Å². The molecule has 8 heteroatoms. The molecule has 0 atom stereocenters. The minimum atomic E-state index is -0.417. The van der Waals surface area contributed by atoms with Gasteiger partial charge in [-0.25, -0.2) is 4.79 Å². The van der Waals surface area contributed by atoms with Crippen LogP contribution in [0, 0.1) is 13.8 Å². The second-order valence-corrected chi connectivity index (χ2v) is 8.14. The van der Waals surface area contributed by atoms with Gasteiger partial charge in [-0.15, -0.1) is 0 Å². The zero-order chi connectivity index (χ0) is 21.6. The van der Waals surface area contributed by atoms with Gasteiger partial charge >= 0.3 is 6.03 Å². The second kappa shape index (κ2) is 7.78. The third-order valence-electron chi connectivity index (χ3n) is 5.46. The molecule has 1 saturated heterocycles. The molecule has 0 bridgehead atoms. The molecule has 0 spiro atoms. The molecule has 0 aliphatic carbocycles. The Morgan fingerprint density at radius 1 is 1.13 bits per heavy atom. The van der Waals surface area contributed by atoms with Gasteiger partial charge in [-0.2, -0.15) is 0 Å². The molecule has 0 radical (unpaired) electrons. The van der Waals surface area contributed by atoms with Gasteiger partial charge in [-0.05, 0) is 49.2 Å². The summed E-state index contributed by atoms with van der Waals surface area (Å²) in [6.45, 7) is 5.20. The van der Waals surface area contributed by atoms with Gasteiger partial charge in [0.1, 0.15) is 0 Å². The van der Waals surface area contributed by atoms with Gasteiger partial charge in [0.2, 0.25) is 0 Å². The molecule has 3 amide bonds. The van der Waals surface area contributed by atoms with Crippen LogP contribution >= 0.6 is 23.2 Å². The van der Waals surface area contributed by atoms with Crippen molar-refractivity contribution in [3.8, 4) is 0 Å². The maximum absolute atomic E-state index is 13.0. The number of likely N-dealkylation sites (N-methyl/N-ethyl adjacent to an activating group) is 1. The maximum Gasteiger partial charge on any atom is 0.324 e. The average Bonchev–Trinajstić information content (AvgIpc) is 3.04. The van der Waals surface area contributed by atoms with Crippen LogP contribution in [0.5, 0.6) is 0 Å². The van der Waals surface area contributed by atoms with Gasteiger partial charge in [-0.1, -0.05) is 29.3 Å². The molecular formula is C22H20Cl2N4O2. The summed E-state index contributed by atoms with van der Waals surface area (Å²) >= 11 is 12.4. The lowest BCUT2D eigenvalue weighted by Crippen LogP contribution is -2.29. The van der Waals surface area contributed by atoms with E-state index in [9.17, 15) is 9.59 Å². The Hall–Kier alpha value is -2.83. The largest absolute Gasteiger partial charge is 0.326 e. The molecule has 4 rings (SSSR count). The Bertz CT molecular complexity index is 1180. The monoisotopic (exact) mass is 442 g/mol. The number of halogens is 2. The Morgan fingerprint density at radius 2 is 1.83 bits per heavy atom. The number of urea groups is 1. The molecule has 154 valence electrons. The topological polar surface area (TPSA) is 65.5 Å². The van der Waals surface area contributed by atoms with Crippen LogP contribution in [0.2, 0.25) is 10.0 Å². The van der Waals surface area contributed by atoms with E-state index in [1.807, 2.05) is 26.0 Å². The number of carbonyl (C=O) groups is 2. The SMILES string of the molecule is Cc1cc(NC(=O)c2c(Cl)cccc2Cl)c2nccc(N3CCN(C)C3=O)c2c1C. The van der Waals surface area contributed by atoms with Crippen LogP contribution < -0.4 is 10.2 Å². The minimum absolute atomic E-state index is 0.0585. The van der Waals surface area contributed by atoms with E-state index >= 15 is 0 Å². The highest BCUT2D eigenvalue weighted by Crippen LogP contribution is 2.36. The van der Waals surface area contributed by atoms with Gasteiger partial charge in [0, 0.05) is 31.7 Å². The van der Waals surface area contributed by atoms with Crippen LogP contribution in [-0.4, -0.2) is 42.0 Å². The van der Waals surface area contributed by atoms with Crippen molar-refractivity contribution in [1.29, 1.82) is 0 Å². The highest BCUT2D eigenvalue weighted by molar-refractivity contribution is 6.40. The van der Waals surface area contributed by atoms with Crippen LogP contribution in [-0.2, 0) is 0 Å². The van der Waals surface area contributed by atoms with Crippen LogP contribution in [0.25, 0.3) is 10.9 Å². The molecular weight excluding hydrogens is 423 g/mol. The van der Waals surface area contributed by atoms with E-state index in [4.69, 9.17) is 23.2 Å². The summed E-state index contributed by atoms with van der Waals surface area (Å²) in [4.78, 5) is 33.5. The second-order valence-electron chi connectivity index (χ2n) is 7.33. The lowest BCUT2D eigenvalue weighted by Gasteiger charge is -2.21. The summed E-state index contributed by atoms with van der Waals surface area (Å²) in [5, 5.41) is 4.28. The predicted octanol–water partition coefficient (Wildman–Crippen LogP) is 5.28. The average molecular weight is 443 g/mol. The fourth-order valence-electron chi connectivity index (χ4n) is 3.71. The first-order valence-electron chi connectivity index (χ1n) is 9.46. The third kappa shape index (κ3) is 3.36. The zero-order valence-electron chi connectivity index (χ0n) is 16.8. The van der Waals surface area contributed by atoms with Crippen molar-refractivity contribution in [2.24, 2.45) is 0 Å². The molecule has 2 heterocycles. The molecule has 1 aliphatic rings. The van der Waals surface area contributed by atoms with Crippen molar-refractivity contribution >= 4 is 57.4 Å². The Kier molecular flexibility index (Phi) is 5.30. The number of fused-ring (bicyclic) bond motifs is 1. The fourth-order valence-corrected chi connectivity index (χ4v) is 4.28. The molecule has 2 aromatic carbocycles. The minimum Gasteiger partial charge on any atom is -0.326 e. The van der Waals surface area contributed by atoms with E-state index in [1.165, 1.54) is 0 Å². The van der Waals surface area contributed by atoms with E-state index in [-0.39, 0.29) is 21.6 Å². The Labute approximate surface area is 184 Å². The van der Waals surface area contributed by atoms with Crippen LogP contribution in [0.3, 0.4) is 0 Å². The van der Waals surface area contributed by atoms with E-state index in [1.54, 1.807) is 41.2 Å². The number of pyridine rings is 1. The van der Waals surface area contributed by atoms with E-state index in [0.29, 0.717) is 24.3 Å². The quantitative estimate of drug-likeness (QED) is 0.599. The molecule has 6 nitrogen and oxygen atoms in total. The number of carbonyl (C=O) groups excluding carboxylic acids is 2. The maximum atomic E-state index is 13.0. The van der Waals surface area contributed by atoms with Crippen molar-refractivity contribution in [3.05, 3.63) is 63.3 Å².